The maximum absolute atomic E-state index is 11.4. The van der Waals surface area contributed by atoms with E-state index in [-0.39, 0.29) is 0 Å². The quantitative estimate of drug-likeness (QED) is 0.171. The highest BCUT2D eigenvalue weighted by Gasteiger charge is 2.70. The molecule has 7 heteroatoms. The molecule has 1 saturated carbocycles. The highest BCUT2D eigenvalue weighted by molar-refractivity contribution is 5.35. The zero-order valence-corrected chi connectivity index (χ0v) is 24.7. The van der Waals surface area contributed by atoms with Gasteiger partial charge in [-0.2, -0.15) is 0 Å². The summed E-state index contributed by atoms with van der Waals surface area (Å²) in [5.41, 5.74) is -0.215. The first kappa shape index (κ1) is 33.7. The Hall–Kier alpha value is -1.84. The van der Waals surface area contributed by atoms with Crippen molar-refractivity contribution in [2.75, 3.05) is 13.2 Å². The van der Waals surface area contributed by atoms with Gasteiger partial charge in [0, 0.05) is 18.1 Å². The monoisotopic (exact) mass is 572 g/mol. The van der Waals surface area contributed by atoms with E-state index in [1.807, 2.05) is 36.4 Å². The van der Waals surface area contributed by atoms with Gasteiger partial charge in [-0.05, 0) is 12.0 Å². The first-order valence-corrected chi connectivity index (χ1v) is 15.7. The fraction of sp³-hybridized carbons (Fsp3) is 0.647. The molecule has 1 heterocycles. The molecule has 7 nitrogen and oxygen atoms in total. The molecule has 5 N–H and O–H groups in total. The van der Waals surface area contributed by atoms with Gasteiger partial charge in [0.15, 0.2) is 6.29 Å². The van der Waals surface area contributed by atoms with Crippen LogP contribution in [0.2, 0.25) is 0 Å². The topological polar surface area (TPSA) is 120 Å². The molecular weight excluding hydrogens is 520 g/mol. The Balaban J connectivity index is 0.000000266. The van der Waals surface area contributed by atoms with Gasteiger partial charge in [-0.15, -0.1) is 0 Å². The van der Waals surface area contributed by atoms with Gasteiger partial charge in [-0.25, -0.2) is 0 Å². The third-order valence-corrected chi connectivity index (χ3v) is 8.38. The van der Waals surface area contributed by atoms with Gasteiger partial charge in [0.25, 0.3) is 0 Å². The van der Waals surface area contributed by atoms with Crippen molar-refractivity contribution in [1.82, 2.24) is 0 Å². The maximum atomic E-state index is 11.4. The summed E-state index contributed by atoms with van der Waals surface area (Å²) in [6.45, 7) is 2.07. The second kappa shape index (κ2) is 18.0. The minimum Gasteiger partial charge on any atom is -0.396 e. The molecular formula is C34H52O7. The van der Waals surface area contributed by atoms with Crippen LogP contribution in [0.15, 0.2) is 60.7 Å². The summed E-state index contributed by atoms with van der Waals surface area (Å²) in [6, 6.07) is 18.2. The molecule has 1 saturated heterocycles. The van der Waals surface area contributed by atoms with E-state index in [9.17, 15) is 20.4 Å². The summed E-state index contributed by atoms with van der Waals surface area (Å²) in [5.74, 6) is -0.684. The van der Waals surface area contributed by atoms with E-state index in [4.69, 9.17) is 14.6 Å². The lowest BCUT2D eigenvalue weighted by atomic mass is 9.57. The zero-order valence-electron chi connectivity index (χ0n) is 24.7. The lowest BCUT2D eigenvalue weighted by molar-refractivity contribution is -0.403. The molecule has 2 aliphatic rings. The Bertz CT molecular complexity index is 931. The van der Waals surface area contributed by atoms with Crippen LogP contribution in [0.3, 0.4) is 0 Å². The molecule has 0 aromatic heterocycles. The average molecular weight is 573 g/mol. The summed E-state index contributed by atoms with van der Waals surface area (Å²) in [6.07, 6.45) is 11.1. The second-order valence-electron chi connectivity index (χ2n) is 11.5. The van der Waals surface area contributed by atoms with Crippen molar-refractivity contribution in [3.05, 3.63) is 71.8 Å². The Morgan fingerprint density at radius 2 is 1.20 bits per heavy atom. The number of rotatable bonds is 16. The third-order valence-electron chi connectivity index (χ3n) is 8.38. The van der Waals surface area contributed by atoms with E-state index >= 15 is 0 Å². The minimum absolute atomic E-state index is 0.372. The van der Waals surface area contributed by atoms with Gasteiger partial charge < -0.3 is 35.0 Å². The predicted molar refractivity (Wildman–Crippen MR) is 160 cm³/mol. The van der Waals surface area contributed by atoms with E-state index < -0.39 is 48.8 Å². The van der Waals surface area contributed by atoms with Crippen LogP contribution >= 0.6 is 0 Å². The summed E-state index contributed by atoms with van der Waals surface area (Å²) in [7, 11) is 0. The molecule has 230 valence electrons. The summed E-state index contributed by atoms with van der Waals surface area (Å²) in [5, 5.41) is 50.4. The minimum atomic E-state index is -1.64. The maximum Gasteiger partial charge on any atom is 0.185 e. The van der Waals surface area contributed by atoms with E-state index in [2.05, 4.69) is 6.92 Å². The average Bonchev–Trinajstić information content (AvgIpc) is 3.00. The smallest absolute Gasteiger partial charge is 0.185 e. The summed E-state index contributed by atoms with van der Waals surface area (Å²) >= 11 is 0. The van der Waals surface area contributed by atoms with E-state index in [1.54, 1.807) is 24.3 Å². The highest BCUT2D eigenvalue weighted by atomic mass is 16.7. The number of hydrogen-bond donors (Lipinski definition) is 5. The lowest BCUT2D eigenvalue weighted by Crippen LogP contribution is -2.78. The second-order valence-corrected chi connectivity index (χ2v) is 11.5. The van der Waals surface area contributed by atoms with Crippen molar-refractivity contribution >= 4 is 0 Å². The van der Waals surface area contributed by atoms with Crippen molar-refractivity contribution < 1.29 is 35.0 Å². The van der Waals surface area contributed by atoms with Crippen molar-refractivity contribution in [3.8, 4) is 0 Å². The normalized spacial score (nSPS) is 27.7. The number of hydrogen-bond acceptors (Lipinski definition) is 7. The van der Waals surface area contributed by atoms with Crippen LogP contribution in [0.4, 0.5) is 0 Å². The molecule has 0 bridgehead atoms. The first-order chi connectivity index (χ1) is 20.0. The molecule has 1 aliphatic carbocycles. The highest BCUT2D eigenvalue weighted by Crippen LogP contribution is 2.55. The fourth-order valence-electron chi connectivity index (χ4n) is 6.06. The molecule has 1 aliphatic heterocycles. The van der Waals surface area contributed by atoms with Crippen molar-refractivity contribution in [2.45, 2.75) is 126 Å². The molecule has 0 amide bonds. The standard InChI is InChI=1S/C20H22O6.C14H30O/c21-11-14(22)17-20(24)15(12-7-3-1-4-8-12)16(23)18(20)26-19(25-17)13-9-5-2-6-10-13;1-2-3-4-5-6-7-8-9-10-11-12-13-14-15/h1-10,14-19,21-24H,11H2;15H,2-14H2,1H3/t14-,15?,16?,17-,18+,19?,20+;/m1./s1. The molecule has 3 unspecified atom stereocenters. The van der Waals surface area contributed by atoms with Crippen LogP contribution in [0.25, 0.3) is 0 Å². The Labute approximate surface area is 246 Å². The zero-order chi connectivity index (χ0) is 29.5. The largest absolute Gasteiger partial charge is 0.396 e. The van der Waals surface area contributed by atoms with E-state index in [1.165, 1.54) is 70.6 Å². The molecule has 2 aromatic carbocycles. The first-order valence-electron chi connectivity index (χ1n) is 15.7. The molecule has 2 fully saturated rings. The number of ether oxygens (including phenoxy) is 2. The number of fused-ring (bicyclic) bond motifs is 1. The number of aliphatic hydroxyl groups excluding tert-OH is 4. The van der Waals surface area contributed by atoms with Gasteiger partial charge >= 0.3 is 0 Å². The Kier molecular flexibility index (Phi) is 14.7. The van der Waals surface area contributed by atoms with Gasteiger partial charge in [0.05, 0.1) is 12.7 Å². The van der Waals surface area contributed by atoms with Crippen molar-refractivity contribution in [1.29, 1.82) is 0 Å². The van der Waals surface area contributed by atoms with Crippen LogP contribution < -0.4 is 0 Å². The summed E-state index contributed by atoms with van der Waals surface area (Å²) < 4.78 is 11.7. The van der Waals surface area contributed by atoms with Gasteiger partial charge in [-0.3, -0.25) is 0 Å². The molecule has 0 spiro atoms. The van der Waals surface area contributed by atoms with Gasteiger partial charge in [0.1, 0.15) is 23.9 Å². The SMILES string of the molecule is CCCCCCCCCCCCCCO.OC[C@@H](O)[C@H]1OC(c2ccccc2)O[C@H]2C(O)C(c3ccccc3)[C@]12O. The Morgan fingerprint density at radius 1 is 0.707 bits per heavy atom. The predicted octanol–water partition coefficient (Wildman–Crippen LogP) is 5.39. The van der Waals surface area contributed by atoms with Crippen molar-refractivity contribution in [2.24, 2.45) is 0 Å². The third kappa shape index (κ3) is 9.07. The molecule has 7 atom stereocenters. The van der Waals surface area contributed by atoms with Crippen LogP contribution in [-0.2, 0) is 9.47 Å². The van der Waals surface area contributed by atoms with Crippen LogP contribution in [0, 0.1) is 0 Å². The summed E-state index contributed by atoms with van der Waals surface area (Å²) in [4.78, 5) is 0. The Morgan fingerprint density at radius 3 is 1.68 bits per heavy atom. The van der Waals surface area contributed by atoms with E-state index in [0.29, 0.717) is 12.2 Å². The molecule has 2 aromatic rings. The lowest BCUT2D eigenvalue weighted by Gasteiger charge is -2.62. The van der Waals surface area contributed by atoms with Crippen LogP contribution in [0.5, 0.6) is 0 Å². The molecule has 0 radical (unpaired) electrons. The van der Waals surface area contributed by atoms with Crippen LogP contribution in [-0.4, -0.2) is 68.8 Å². The number of aliphatic hydroxyl groups is 5. The number of unbranched alkanes of at least 4 members (excludes halogenated alkanes) is 11. The fourth-order valence-corrected chi connectivity index (χ4v) is 6.06. The van der Waals surface area contributed by atoms with Crippen molar-refractivity contribution in [3.63, 3.8) is 0 Å². The molecule has 4 rings (SSSR count). The van der Waals surface area contributed by atoms with Crippen LogP contribution in [0.1, 0.15) is 107 Å². The molecule has 41 heavy (non-hydrogen) atoms. The van der Waals surface area contributed by atoms with Gasteiger partial charge in [0.2, 0.25) is 0 Å². The van der Waals surface area contributed by atoms with E-state index in [0.717, 1.165) is 12.0 Å². The van der Waals surface area contributed by atoms with Gasteiger partial charge in [-0.1, -0.05) is 138 Å². The number of benzene rings is 2.